The van der Waals surface area contributed by atoms with Gasteiger partial charge in [0.1, 0.15) is 0 Å². The summed E-state index contributed by atoms with van der Waals surface area (Å²) in [6.07, 6.45) is 0. The monoisotopic (exact) mass is 506 g/mol. The lowest BCUT2D eigenvalue weighted by molar-refractivity contribution is 0.271. The van der Waals surface area contributed by atoms with Crippen LogP contribution in [0.15, 0.2) is 70.6 Å². The standard InChI is InChI=1S/C20H12ClIN2O2S/c21-17-11-5-1-3-7-13(11)23-19(25-17)15-9-10-16(27-15)20-24-14-8-4-2-6-12(14)18(22)26-20/h1-10,17-18H. The fourth-order valence-electron chi connectivity index (χ4n) is 2.95. The number of benzene rings is 2. The molecule has 134 valence electrons. The highest BCUT2D eigenvalue weighted by Crippen LogP contribution is 2.40. The van der Waals surface area contributed by atoms with Gasteiger partial charge in [0.15, 0.2) is 4.11 Å². The van der Waals surface area contributed by atoms with E-state index in [1.807, 2.05) is 60.7 Å². The van der Waals surface area contributed by atoms with Crippen molar-refractivity contribution in [1.29, 1.82) is 0 Å². The first-order valence-electron chi connectivity index (χ1n) is 8.26. The van der Waals surface area contributed by atoms with Crippen LogP contribution in [0.4, 0.5) is 11.4 Å². The van der Waals surface area contributed by atoms with Gasteiger partial charge in [-0.2, -0.15) is 0 Å². The lowest BCUT2D eigenvalue weighted by Gasteiger charge is -2.21. The number of thiophene rings is 1. The molecule has 0 N–H and O–H groups in total. The molecule has 0 amide bonds. The van der Waals surface area contributed by atoms with Crippen molar-refractivity contribution in [2.45, 2.75) is 9.67 Å². The summed E-state index contributed by atoms with van der Waals surface area (Å²) in [6.45, 7) is 0. The number of aliphatic imine (C=N–C) groups is 2. The summed E-state index contributed by atoms with van der Waals surface area (Å²) in [7, 11) is 0. The SMILES string of the molecule is ClC1OC(c2ccc(C3=Nc4ccccc4C(I)O3)s2)=Nc2ccccc21. The van der Waals surface area contributed by atoms with E-state index in [0.717, 1.165) is 32.3 Å². The third kappa shape index (κ3) is 3.15. The van der Waals surface area contributed by atoms with Crippen LogP contribution in [-0.4, -0.2) is 11.8 Å². The van der Waals surface area contributed by atoms with Crippen LogP contribution in [0.5, 0.6) is 0 Å². The van der Waals surface area contributed by atoms with Crippen molar-refractivity contribution in [3.05, 3.63) is 81.5 Å². The van der Waals surface area contributed by atoms with Gasteiger partial charge < -0.3 is 9.47 Å². The molecule has 0 fully saturated rings. The molecule has 2 aliphatic heterocycles. The average molecular weight is 507 g/mol. The molecule has 0 aliphatic carbocycles. The Bertz CT molecular complexity index is 1010. The number of hydrogen-bond acceptors (Lipinski definition) is 5. The molecule has 0 saturated carbocycles. The maximum atomic E-state index is 6.37. The lowest BCUT2D eigenvalue weighted by atomic mass is 10.2. The molecule has 0 saturated heterocycles. The van der Waals surface area contributed by atoms with Crippen molar-refractivity contribution in [1.82, 2.24) is 0 Å². The Morgan fingerprint density at radius 2 is 1.33 bits per heavy atom. The van der Waals surface area contributed by atoms with Crippen LogP contribution in [0, 0.1) is 0 Å². The van der Waals surface area contributed by atoms with Gasteiger partial charge in [0.25, 0.3) is 0 Å². The van der Waals surface area contributed by atoms with Crippen LogP contribution in [0.1, 0.15) is 30.6 Å². The molecule has 0 bridgehead atoms. The van der Waals surface area contributed by atoms with Gasteiger partial charge in [-0.05, 0) is 46.9 Å². The van der Waals surface area contributed by atoms with Crippen molar-refractivity contribution < 1.29 is 9.47 Å². The Hall–Kier alpha value is -1.90. The lowest BCUT2D eigenvalue weighted by Crippen LogP contribution is -2.12. The number of rotatable bonds is 2. The highest BCUT2D eigenvalue weighted by Gasteiger charge is 2.26. The minimum Gasteiger partial charge on any atom is -0.458 e. The van der Waals surface area contributed by atoms with E-state index in [4.69, 9.17) is 21.1 Å². The third-order valence-corrected chi connectivity index (χ3v) is 6.57. The van der Waals surface area contributed by atoms with Gasteiger partial charge in [-0.25, -0.2) is 9.98 Å². The van der Waals surface area contributed by atoms with Crippen LogP contribution in [0.3, 0.4) is 0 Å². The summed E-state index contributed by atoms with van der Waals surface area (Å²) in [5.41, 5.74) is 3.19. The van der Waals surface area contributed by atoms with Crippen LogP contribution >= 0.6 is 45.5 Å². The fourth-order valence-corrected chi connectivity index (χ4v) is 4.86. The Morgan fingerprint density at radius 1 is 0.778 bits per heavy atom. The predicted octanol–water partition coefficient (Wildman–Crippen LogP) is 6.64. The van der Waals surface area contributed by atoms with Crippen molar-refractivity contribution in [3.8, 4) is 0 Å². The Labute approximate surface area is 178 Å². The number of alkyl halides is 2. The first-order chi connectivity index (χ1) is 13.2. The molecule has 0 spiro atoms. The zero-order chi connectivity index (χ0) is 18.4. The van der Waals surface area contributed by atoms with Crippen LogP contribution in [0.25, 0.3) is 0 Å². The van der Waals surface area contributed by atoms with Crippen LogP contribution in [0.2, 0.25) is 0 Å². The van der Waals surface area contributed by atoms with E-state index in [9.17, 15) is 0 Å². The normalized spacial score (nSPS) is 20.5. The summed E-state index contributed by atoms with van der Waals surface area (Å²) in [6, 6.07) is 19.7. The van der Waals surface area contributed by atoms with E-state index in [1.165, 1.54) is 11.3 Å². The Morgan fingerprint density at radius 3 is 2.04 bits per heavy atom. The molecule has 5 rings (SSSR count). The van der Waals surface area contributed by atoms with Crippen molar-refractivity contribution >= 4 is 68.7 Å². The minimum absolute atomic E-state index is 0.0702. The number of para-hydroxylation sites is 2. The molecule has 2 aromatic carbocycles. The highest BCUT2D eigenvalue weighted by atomic mass is 127. The summed E-state index contributed by atoms with van der Waals surface area (Å²) >= 11 is 10.2. The smallest absolute Gasteiger partial charge is 0.233 e. The van der Waals surface area contributed by atoms with E-state index >= 15 is 0 Å². The molecule has 4 nitrogen and oxygen atoms in total. The molecule has 27 heavy (non-hydrogen) atoms. The second kappa shape index (κ2) is 6.92. The van der Waals surface area contributed by atoms with Gasteiger partial charge in [0.2, 0.25) is 17.4 Å². The number of ether oxygens (including phenoxy) is 2. The maximum absolute atomic E-state index is 6.37. The van der Waals surface area contributed by atoms with Gasteiger partial charge >= 0.3 is 0 Å². The quantitative estimate of drug-likeness (QED) is 0.289. The molecular weight excluding hydrogens is 495 g/mol. The number of fused-ring (bicyclic) bond motifs is 2. The maximum Gasteiger partial charge on any atom is 0.233 e. The molecule has 3 aromatic rings. The first kappa shape index (κ1) is 17.2. The molecular formula is C20H12ClIN2O2S. The van der Waals surface area contributed by atoms with Gasteiger partial charge in [-0.1, -0.05) is 48.0 Å². The van der Waals surface area contributed by atoms with Crippen molar-refractivity contribution in [2.24, 2.45) is 9.98 Å². The molecule has 1 aromatic heterocycles. The summed E-state index contributed by atoms with van der Waals surface area (Å²) in [4.78, 5) is 11.1. The third-order valence-electron chi connectivity index (χ3n) is 4.26. The Balaban J connectivity index is 1.50. The zero-order valence-electron chi connectivity index (χ0n) is 13.8. The second-order valence-corrected chi connectivity index (χ2v) is 8.59. The van der Waals surface area contributed by atoms with Crippen molar-refractivity contribution in [3.63, 3.8) is 0 Å². The van der Waals surface area contributed by atoms with E-state index in [-0.39, 0.29) is 4.11 Å². The van der Waals surface area contributed by atoms with E-state index in [2.05, 4.69) is 32.6 Å². The van der Waals surface area contributed by atoms with Crippen LogP contribution < -0.4 is 0 Å². The van der Waals surface area contributed by atoms with Crippen molar-refractivity contribution in [2.75, 3.05) is 0 Å². The predicted molar refractivity (Wildman–Crippen MR) is 117 cm³/mol. The summed E-state index contributed by atoms with van der Waals surface area (Å²) in [5.74, 6) is 1.14. The van der Waals surface area contributed by atoms with E-state index in [0.29, 0.717) is 11.8 Å². The van der Waals surface area contributed by atoms with E-state index in [1.54, 1.807) is 0 Å². The van der Waals surface area contributed by atoms with Gasteiger partial charge in [0.05, 0.1) is 21.1 Å². The average Bonchev–Trinajstić information content (AvgIpc) is 3.18. The second-order valence-electron chi connectivity index (χ2n) is 5.98. The highest BCUT2D eigenvalue weighted by molar-refractivity contribution is 14.1. The molecule has 2 unspecified atom stereocenters. The number of nitrogens with zero attached hydrogens (tertiary/aromatic N) is 2. The van der Waals surface area contributed by atoms with E-state index < -0.39 is 5.56 Å². The minimum atomic E-state index is -0.548. The molecule has 7 heteroatoms. The summed E-state index contributed by atoms with van der Waals surface area (Å²) < 4.78 is 11.8. The largest absolute Gasteiger partial charge is 0.458 e. The Kier molecular flexibility index (Phi) is 4.41. The van der Waals surface area contributed by atoms with Gasteiger partial charge in [-0.3, -0.25) is 0 Å². The zero-order valence-corrected chi connectivity index (χ0v) is 17.5. The molecule has 0 radical (unpaired) electrons. The van der Waals surface area contributed by atoms with Gasteiger partial charge in [-0.15, -0.1) is 11.3 Å². The molecule has 2 atom stereocenters. The van der Waals surface area contributed by atoms with Crippen LogP contribution in [-0.2, 0) is 9.47 Å². The fraction of sp³-hybridized carbons (Fsp3) is 0.100. The number of halogens is 2. The molecule has 3 heterocycles. The number of hydrogen-bond donors (Lipinski definition) is 0. The topological polar surface area (TPSA) is 43.2 Å². The van der Waals surface area contributed by atoms with Gasteiger partial charge in [0, 0.05) is 11.1 Å². The first-order valence-corrected chi connectivity index (χ1v) is 10.8. The summed E-state index contributed by atoms with van der Waals surface area (Å²) in [5, 5.41) is 0. The molecule has 2 aliphatic rings.